The Hall–Kier alpha value is -2.63. The van der Waals surface area contributed by atoms with Gasteiger partial charge in [-0.15, -0.1) is 0 Å². The lowest BCUT2D eigenvalue weighted by Crippen LogP contribution is -2.38. The zero-order valence-electron chi connectivity index (χ0n) is 9.45. The third kappa shape index (κ3) is 1.55. The number of para-hydroxylation sites is 2. The van der Waals surface area contributed by atoms with E-state index in [1.54, 1.807) is 12.4 Å². The van der Waals surface area contributed by atoms with Crippen LogP contribution in [-0.4, -0.2) is 16.0 Å². The molecule has 1 aromatic heterocycles. The number of fused-ring (bicyclic) bond motifs is 1. The predicted octanol–water partition coefficient (Wildman–Crippen LogP) is 1.49. The number of aromatic nitrogens is 2. The van der Waals surface area contributed by atoms with Crippen LogP contribution in [0.15, 0.2) is 43.0 Å². The van der Waals surface area contributed by atoms with Crippen molar-refractivity contribution in [1.29, 1.82) is 0 Å². The first-order chi connectivity index (χ1) is 8.77. The molecule has 1 aliphatic rings. The maximum Gasteiger partial charge on any atom is 0.321 e. The van der Waals surface area contributed by atoms with Crippen LogP contribution < -0.4 is 16.0 Å². The second-order valence-electron chi connectivity index (χ2n) is 3.94. The van der Waals surface area contributed by atoms with Crippen LogP contribution in [0, 0.1) is 0 Å². The van der Waals surface area contributed by atoms with E-state index in [-0.39, 0.29) is 6.17 Å². The van der Waals surface area contributed by atoms with Gasteiger partial charge in [-0.2, -0.15) is 0 Å². The van der Waals surface area contributed by atoms with Crippen molar-refractivity contribution in [2.45, 2.75) is 6.17 Å². The van der Waals surface area contributed by atoms with Gasteiger partial charge in [0.25, 0.3) is 0 Å². The molecule has 0 radical (unpaired) electrons. The average Bonchev–Trinajstić information content (AvgIpc) is 2.79. The number of urea groups is 1. The molecular weight excluding hydrogens is 230 g/mol. The topological polar surface area (TPSA) is 84.1 Å². The van der Waals surface area contributed by atoms with Gasteiger partial charge < -0.3 is 11.1 Å². The summed E-state index contributed by atoms with van der Waals surface area (Å²) in [7, 11) is 0. The smallest absolute Gasteiger partial charge is 0.321 e. The van der Waals surface area contributed by atoms with E-state index in [9.17, 15) is 4.79 Å². The summed E-state index contributed by atoms with van der Waals surface area (Å²) in [5.41, 5.74) is 7.86. The molecule has 6 heteroatoms. The third-order valence-corrected chi connectivity index (χ3v) is 2.85. The van der Waals surface area contributed by atoms with E-state index in [1.807, 2.05) is 24.3 Å². The van der Waals surface area contributed by atoms with Crippen molar-refractivity contribution in [2.24, 2.45) is 5.73 Å². The number of rotatable bonds is 1. The number of nitrogens with one attached hydrogen (secondary N) is 1. The Morgan fingerprint density at radius 3 is 2.72 bits per heavy atom. The number of anilines is 2. The Bertz CT molecular complexity index is 586. The molecule has 2 amide bonds. The van der Waals surface area contributed by atoms with Gasteiger partial charge in [-0.3, -0.25) is 4.90 Å². The molecule has 0 saturated heterocycles. The Morgan fingerprint density at radius 1 is 1.28 bits per heavy atom. The lowest BCUT2D eigenvalue weighted by Gasteiger charge is -2.22. The van der Waals surface area contributed by atoms with E-state index in [2.05, 4.69) is 15.3 Å². The van der Waals surface area contributed by atoms with E-state index in [0.717, 1.165) is 16.9 Å². The van der Waals surface area contributed by atoms with Crippen molar-refractivity contribution < 1.29 is 4.79 Å². The predicted molar refractivity (Wildman–Crippen MR) is 66.9 cm³/mol. The second-order valence-corrected chi connectivity index (χ2v) is 3.94. The van der Waals surface area contributed by atoms with Gasteiger partial charge in [-0.1, -0.05) is 12.1 Å². The van der Waals surface area contributed by atoms with Crippen LogP contribution in [0.1, 0.15) is 11.7 Å². The molecule has 3 N–H and O–H groups in total. The minimum Gasteiger partial charge on any atom is -0.359 e. The molecule has 1 atom stereocenters. The van der Waals surface area contributed by atoms with Crippen LogP contribution in [-0.2, 0) is 0 Å². The Labute approximate surface area is 103 Å². The van der Waals surface area contributed by atoms with Gasteiger partial charge in [0.1, 0.15) is 12.5 Å². The fraction of sp³-hybridized carbons (Fsp3) is 0.0833. The highest BCUT2D eigenvalue weighted by atomic mass is 16.2. The second kappa shape index (κ2) is 3.99. The fourth-order valence-electron chi connectivity index (χ4n) is 2.09. The van der Waals surface area contributed by atoms with Gasteiger partial charge in [0.15, 0.2) is 0 Å². The van der Waals surface area contributed by atoms with Crippen molar-refractivity contribution in [3.8, 4) is 0 Å². The largest absolute Gasteiger partial charge is 0.359 e. The number of carbonyl (C=O) groups excluding carboxylic acids is 1. The quantitative estimate of drug-likeness (QED) is 0.792. The number of carbonyl (C=O) groups is 1. The Morgan fingerprint density at radius 2 is 2.00 bits per heavy atom. The molecule has 6 nitrogen and oxygen atoms in total. The van der Waals surface area contributed by atoms with Crippen LogP contribution >= 0.6 is 0 Å². The van der Waals surface area contributed by atoms with Crippen molar-refractivity contribution in [2.75, 3.05) is 10.2 Å². The molecule has 1 aromatic carbocycles. The van der Waals surface area contributed by atoms with Crippen molar-refractivity contribution in [1.82, 2.24) is 9.97 Å². The molecule has 3 rings (SSSR count). The van der Waals surface area contributed by atoms with Gasteiger partial charge in [0, 0.05) is 18.0 Å². The van der Waals surface area contributed by atoms with Gasteiger partial charge >= 0.3 is 6.03 Å². The third-order valence-electron chi connectivity index (χ3n) is 2.85. The molecule has 1 unspecified atom stereocenters. The maximum absolute atomic E-state index is 11.6. The van der Waals surface area contributed by atoms with Gasteiger partial charge in [0.05, 0.1) is 11.4 Å². The zero-order valence-corrected chi connectivity index (χ0v) is 9.45. The number of primary amides is 1. The van der Waals surface area contributed by atoms with Crippen molar-refractivity contribution in [3.05, 3.63) is 48.5 Å². The van der Waals surface area contributed by atoms with Crippen LogP contribution in [0.3, 0.4) is 0 Å². The highest BCUT2D eigenvalue weighted by Gasteiger charge is 2.33. The number of nitrogens with two attached hydrogens (primary N) is 1. The molecule has 18 heavy (non-hydrogen) atoms. The van der Waals surface area contributed by atoms with Crippen molar-refractivity contribution in [3.63, 3.8) is 0 Å². The molecule has 0 fully saturated rings. The van der Waals surface area contributed by atoms with E-state index < -0.39 is 6.03 Å². The molecule has 2 heterocycles. The summed E-state index contributed by atoms with van der Waals surface area (Å²) < 4.78 is 0. The van der Waals surface area contributed by atoms with Gasteiger partial charge in [-0.25, -0.2) is 14.8 Å². The molecule has 0 spiro atoms. The number of hydrogen-bond acceptors (Lipinski definition) is 4. The zero-order chi connectivity index (χ0) is 12.5. The normalized spacial score (nSPS) is 17.1. The molecule has 2 aromatic rings. The van der Waals surface area contributed by atoms with Crippen molar-refractivity contribution >= 4 is 17.4 Å². The Balaban J connectivity index is 2.06. The number of amides is 2. The van der Waals surface area contributed by atoms with E-state index in [0.29, 0.717) is 0 Å². The van der Waals surface area contributed by atoms with Crippen LogP contribution in [0.25, 0.3) is 0 Å². The summed E-state index contributed by atoms with van der Waals surface area (Å²) >= 11 is 0. The lowest BCUT2D eigenvalue weighted by atomic mass is 10.2. The molecule has 0 saturated carbocycles. The van der Waals surface area contributed by atoms with Crippen LogP contribution in [0.5, 0.6) is 0 Å². The fourth-order valence-corrected chi connectivity index (χ4v) is 2.09. The number of nitrogens with zero attached hydrogens (tertiary/aromatic N) is 3. The maximum atomic E-state index is 11.6. The monoisotopic (exact) mass is 241 g/mol. The summed E-state index contributed by atoms with van der Waals surface area (Å²) in [6.07, 6.45) is 4.40. The standard InChI is InChI=1S/C12H11N5O/c13-12(18)17-10-4-2-1-3-9(10)16-11(17)8-5-14-7-15-6-8/h1-7,11,16H,(H2,13,18). The minimum absolute atomic E-state index is 0.360. The van der Waals surface area contributed by atoms with Gasteiger partial charge in [0.2, 0.25) is 0 Å². The summed E-state index contributed by atoms with van der Waals surface area (Å²) in [4.78, 5) is 21.0. The molecule has 0 aliphatic carbocycles. The average molecular weight is 241 g/mol. The highest BCUT2D eigenvalue weighted by Crippen LogP contribution is 2.40. The first kappa shape index (κ1) is 10.5. The summed E-state index contributed by atoms with van der Waals surface area (Å²) in [6, 6.07) is 6.99. The van der Waals surface area contributed by atoms with Crippen LogP contribution in [0.4, 0.5) is 16.2 Å². The van der Waals surface area contributed by atoms with E-state index >= 15 is 0 Å². The van der Waals surface area contributed by atoms with E-state index in [4.69, 9.17) is 5.73 Å². The summed E-state index contributed by atoms with van der Waals surface area (Å²) in [6.45, 7) is 0. The first-order valence-electron chi connectivity index (χ1n) is 5.46. The highest BCUT2D eigenvalue weighted by molar-refractivity contribution is 5.98. The minimum atomic E-state index is -0.513. The SMILES string of the molecule is NC(=O)N1c2ccccc2NC1c1cncnc1. The molecule has 1 aliphatic heterocycles. The van der Waals surface area contributed by atoms with Gasteiger partial charge in [-0.05, 0) is 12.1 Å². The number of benzene rings is 1. The lowest BCUT2D eigenvalue weighted by molar-refractivity contribution is 0.253. The molecule has 90 valence electrons. The Kier molecular flexibility index (Phi) is 2.33. The summed E-state index contributed by atoms with van der Waals surface area (Å²) in [5, 5.41) is 3.23. The summed E-state index contributed by atoms with van der Waals surface area (Å²) in [5.74, 6) is 0. The van der Waals surface area contributed by atoms with E-state index in [1.165, 1.54) is 11.2 Å². The number of hydrogen-bond donors (Lipinski definition) is 2. The molecular formula is C12H11N5O. The first-order valence-corrected chi connectivity index (χ1v) is 5.46. The van der Waals surface area contributed by atoms with Crippen LogP contribution in [0.2, 0.25) is 0 Å². The molecule has 0 bridgehead atoms.